The van der Waals surface area contributed by atoms with E-state index in [-0.39, 0.29) is 0 Å². The fourth-order valence-corrected chi connectivity index (χ4v) is 2.97. The minimum absolute atomic E-state index is 0.643. The van der Waals surface area contributed by atoms with Gasteiger partial charge in [0.15, 0.2) is 5.82 Å². The second-order valence-electron chi connectivity index (χ2n) is 5.20. The molecular weight excluding hydrogens is 358 g/mol. The number of methoxy groups -OCH3 is 1. The van der Waals surface area contributed by atoms with Gasteiger partial charge in [-0.15, -0.1) is 5.10 Å². The van der Waals surface area contributed by atoms with E-state index in [1.165, 1.54) is 0 Å². The van der Waals surface area contributed by atoms with Crippen LogP contribution in [0, 0.1) is 0 Å². The summed E-state index contributed by atoms with van der Waals surface area (Å²) in [5.74, 6) is 3.28. The van der Waals surface area contributed by atoms with Gasteiger partial charge in [-0.1, -0.05) is 23.4 Å². The minimum atomic E-state index is 0.643. The lowest BCUT2D eigenvalue weighted by Crippen LogP contribution is -1.98. The van der Waals surface area contributed by atoms with Gasteiger partial charge in [-0.3, -0.25) is 5.10 Å². The molecule has 1 heterocycles. The highest BCUT2D eigenvalue weighted by Crippen LogP contribution is 2.22. The Morgan fingerprint density at radius 1 is 1.04 bits per heavy atom. The molecule has 1 N–H and O–H groups in total. The van der Waals surface area contributed by atoms with Crippen molar-refractivity contribution in [1.29, 1.82) is 0 Å². The minimum Gasteiger partial charge on any atom is -0.497 e. The van der Waals surface area contributed by atoms with Crippen molar-refractivity contribution in [2.45, 2.75) is 11.6 Å². The summed E-state index contributed by atoms with van der Waals surface area (Å²) in [6.45, 7) is 0.643. The standard InChI is InChI=1S/C18H18ClN3O2S/c1-23-15-7-3-13(4-8-15)17-20-18(22-21-17)25-12-2-11-24-16-9-5-14(19)6-10-16/h3-10H,2,11-12H2,1H3,(H,20,21,22). The average Bonchev–Trinajstić information content (AvgIpc) is 3.12. The molecule has 0 bridgehead atoms. The van der Waals surface area contributed by atoms with Crippen molar-refractivity contribution in [2.75, 3.05) is 19.5 Å². The Hall–Kier alpha value is -2.18. The molecule has 0 saturated carbocycles. The van der Waals surface area contributed by atoms with E-state index in [1.54, 1.807) is 18.9 Å². The third-order valence-electron chi connectivity index (χ3n) is 3.43. The first-order valence-corrected chi connectivity index (χ1v) is 9.19. The van der Waals surface area contributed by atoms with E-state index in [9.17, 15) is 0 Å². The SMILES string of the molecule is COc1ccc(-c2nc(SCCCOc3ccc(Cl)cc3)n[nH]2)cc1. The number of halogens is 1. The van der Waals surface area contributed by atoms with Crippen LogP contribution in [0.15, 0.2) is 53.7 Å². The molecule has 1 aromatic heterocycles. The van der Waals surface area contributed by atoms with Crippen molar-refractivity contribution in [1.82, 2.24) is 15.2 Å². The van der Waals surface area contributed by atoms with E-state index in [2.05, 4.69) is 15.2 Å². The van der Waals surface area contributed by atoms with E-state index < -0.39 is 0 Å². The van der Waals surface area contributed by atoms with Gasteiger partial charge in [0.1, 0.15) is 11.5 Å². The molecule has 5 nitrogen and oxygen atoms in total. The lowest BCUT2D eigenvalue weighted by atomic mass is 10.2. The topological polar surface area (TPSA) is 60.0 Å². The maximum absolute atomic E-state index is 5.84. The van der Waals surface area contributed by atoms with Gasteiger partial charge in [0.25, 0.3) is 0 Å². The summed E-state index contributed by atoms with van der Waals surface area (Å²) in [6, 6.07) is 15.1. The summed E-state index contributed by atoms with van der Waals surface area (Å²) < 4.78 is 10.8. The highest BCUT2D eigenvalue weighted by atomic mass is 35.5. The molecule has 0 aliphatic rings. The van der Waals surface area contributed by atoms with E-state index >= 15 is 0 Å². The first-order valence-electron chi connectivity index (χ1n) is 7.82. The van der Waals surface area contributed by atoms with Crippen molar-refractivity contribution in [3.63, 3.8) is 0 Å². The second-order valence-corrected chi connectivity index (χ2v) is 6.70. The van der Waals surface area contributed by atoms with Crippen molar-refractivity contribution in [2.24, 2.45) is 0 Å². The first-order chi connectivity index (χ1) is 12.2. The van der Waals surface area contributed by atoms with Crippen LogP contribution in [-0.2, 0) is 0 Å². The number of hydrogen-bond donors (Lipinski definition) is 1. The van der Waals surface area contributed by atoms with Gasteiger partial charge in [-0.2, -0.15) is 0 Å². The number of aromatic nitrogens is 3. The zero-order valence-corrected chi connectivity index (χ0v) is 15.3. The van der Waals surface area contributed by atoms with Crippen LogP contribution < -0.4 is 9.47 Å². The zero-order valence-electron chi connectivity index (χ0n) is 13.7. The summed E-state index contributed by atoms with van der Waals surface area (Å²) in [4.78, 5) is 4.50. The molecule has 2 aromatic carbocycles. The van der Waals surface area contributed by atoms with Crippen molar-refractivity contribution in [3.8, 4) is 22.9 Å². The molecule has 0 aliphatic heterocycles. The van der Waals surface area contributed by atoms with Crippen LogP contribution in [0.25, 0.3) is 11.4 Å². The van der Waals surface area contributed by atoms with Gasteiger partial charge in [0.05, 0.1) is 13.7 Å². The first kappa shape index (κ1) is 17.6. The van der Waals surface area contributed by atoms with E-state index in [4.69, 9.17) is 21.1 Å². The number of thioether (sulfide) groups is 1. The van der Waals surface area contributed by atoms with Gasteiger partial charge in [0, 0.05) is 16.3 Å². The molecule has 7 heteroatoms. The largest absolute Gasteiger partial charge is 0.497 e. The number of aromatic amines is 1. The van der Waals surface area contributed by atoms with Gasteiger partial charge in [-0.05, 0) is 55.0 Å². The molecule has 3 rings (SSSR count). The molecule has 0 amide bonds. The average molecular weight is 376 g/mol. The molecule has 0 fully saturated rings. The molecule has 0 spiro atoms. The third kappa shape index (κ3) is 5.14. The fourth-order valence-electron chi connectivity index (χ4n) is 2.13. The van der Waals surface area contributed by atoms with Crippen molar-refractivity contribution >= 4 is 23.4 Å². The number of benzene rings is 2. The number of rotatable bonds is 8. The summed E-state index contributed by atoms with van der Waals surface area (Å²) >= 11 is 7.44. The van der Waals surface area contributed by atoms with Gasteiger partial charge in [-0.25, -0.2) is 4.98 Å². The third-order valence-corrected chi connectivity index (χ3v) is 4.62. The highest BCUT2D eigenvalue weighted by Gasteiger charge is 2.06. The lowest BCUT2D eigenvalue weighted by Gasteiger charge is -2.05. The molecule has 0 unspecified atom stereocenters. The maximum Gasteiger partial charge on any atom is 0.208 e. The number of H-pyrrole nitrogens is 1. The second kappa shape index (κ2) is 8.78. The zero-order chi connectivity index (χ0) is 17.5. The summed E-state index contributed by atoms with van der Waals surface area (Å²) in [6.07, 6.45) is 0.902. The Labute approximate surface area is 155 Å². The Bertz CT molecular complexity index is 791. The Kier molecular flexibility index (Phi) is 6.19. The fraction of sp³-hybridized carbons (Fsp3) is 0.222. The van der Waals surface area contributed by atoms with Gasteiger partial charge < -0.3 is 9.47 Å². The van der Waals surface area contributed by atoms with Gasteiger partial charge >= 0.3 is 0 Å². The number of nitrogens with one attached hydrogen (secondary N) is 1. The van der Waals surface area contributed by atoms with Crippen LogP contribution in [0.1, 0.15) is 6.42 Å². The molecule has 3 aromatic rings. The summed E-state index contributed by atoms with van der Waals surface area (Å²) in [5, 5.41) is 8.65. The van der Waals surface area contributed by atoms with Crippen LogP contribution >= 0.6 is 23.4 Å². The number of nitrogens with zero attached hydrogens (tertiary/aromatic N) is 2. The van der Waals surface area contributed by atoms with E-state index in [0.29, 0.717) is 11.6 Å². The van der Waals surface area contributed by atoms with Crippen LogP contribution in [0.4, 0.5) is 0 Å². The predicted molar refractivity (Wildman–Crippen MR) is 101 cm³/mol. The van der Waals surface area contributed by atoms with Crippen LogP contribution in [0.2, 0.25) is 5.02 Å². The van der Waals surface area contributed by atoms with E-state index in [1.807, 2.05) is 48.5 Å². The van der Waals surface area contributed by atoms with Crippen LogP contribution in [0.5, 0.6) is 11.5 Å². The monoisotopic (exact) mass is 375 g/mol. The Morgan fingerprint density at radius 2 is 1.76 bits per heavy atom. The molecule has 0 radical (unpaired) electrons. The lowest BCUT2D eigenvalue weighted by molar-refractivity contribution is 0.318. The Balaban J connectivity index is 1.43. The summed E-state index contributed by atoms with van der Waals surface area (Å²) in [5.41, 5.74) is 0.978. The van der Waals surface area contributed by atoms with Crippen molar-refractivity contribution < 1.29 is 9.47 Å². The smallest absolute Gasteiger partial charge is 0.208 e. The maximum atomic E-state index is 5.84. The quantitative estimate of drug-likeness (QED) is 0.457. The molecule has 130 valence electrons. The Morgan fingerprint density at radius 3 is 2.48 bits per heavy atom. The van der Waals surface area contributed by atoms with Crippen molar-refractivity contribution in [3.05, 3.63) is 53.6 Å². The molecule has 0 atom stereocenters. The van der Waals surface area contributed by atoms with E-state index in [0.717, 1.165) is 40.2 Å². The van der Waals surface area contributed by atoms with Gasteiger partial charge in [0.2, 0.25) is 5.16 Å². The predicted octanol–water partition coefficient (Wildman–Crippen LogP) is 4.69. The normalized spacial score (nSPS) is 10.6. The summed E-state index contributed by atoms with van der Waals surface area (Å²) in [7, 11) is 1.65. The number of ether oxygens (including phenoxy) is 2. The number of hydrogen-bond acceptors (Lipinski definition) is 5. The molecule has 0 saturated heterocycles. The molecule has 0 aliphatic carbocycles. The molecular formula is C18H18ClN3O2S. The highest BCUT2D eigenvalue weighted by molar-refractivity contribution is 7.99. The van der Waals surface area contributed by atoms with Crippen LogP contribution in [0.3, 0.4) is 0 Å². The van der Waals surface area contributed by atoms with Crippen LogP contribution in [-0.4, -0.2) is 34.7 Å². The molecule has 25 heavy (non-hydrogen) atoms.